The minimum Gasteiger partial charge on any atom is -0.481 e. The molecule has 0 saturated heterocycles. The lowest BCUT2D eigenvalue weighted by atomic mass is 10.0. The second-order valence-electron chi connectivity index (χ2n) is 12.4. The summed E-state index contributed by atoms with van der Waals surface area (Å²) in [5.41, 5.74) is 0. The topological polar surface area (TPSA) is 63.6 Å². The van der Waals surface area contributed by atoms with E-state index in [9.17, 15) is 9.59 Å². The molecule has 0 aromatic heterocycles. The lowest BCUT2D eigenvalue weighted by Gasteiger charge is -2.17. The summed E-state index contributed by atoms with van der Waals surface area (Å²) in [6.07, 6.45) is 39.4. The van der Waals surface area contributed by atoms with E-state index < -0.39 is 5.97 Å². The molecule has 0 spiro atoms. The van der Waals surface area contributed by atoms with Crippen molar-refractivity contribution in [2.75, 3.05) is 0 Å². The molecule has 242 valence electrons. The summed E-state index contributed by atoms with van der Waals surface area (Å²) in [4.78, 5) is 23.4. The summed E-state index contributed by atoms with van der Waals surface area (Å²) in [6.45, 7) is 4.51. The second kappa shape index (κ2) is 33.2. The van der Waals surface area contributed by atoms with Crippen molar-refractivity contribution in [2.24, 2.45) is 0 Å². The molecule has 41 heavy (non-hydrogen) atoms. The molecule has 0 bridgehead atoms. The van der Waals surface area contributed by atoms with E-state index in [1.54, 1.807) is 0 Å². The van der Waals surface area contributed by atoms with Crippen LogP contribution in [0.1, 0.15) is 206 Å². The number of carbonyl (C=O) groups excluding carboxylic acids is 1. The Morgan fingerprint density at radius 3 is 1.41 bits per heavy atom. The van der Waals surface area contributed by atoms with Gasteiger partial charge in [0.15, 0.2) is 0 Å². The molecule has 4 nitrogen and oxygen atoms in total. The third kappa shape index (κ3) is 33.1. The molecule has 0 aromatic rings. The van der Waals surface area contributed by atoms with Crippen molar-refractivity contribution in [2.45, 2.75) is 213 Å². The van der Waals surface area contributed by atoms with Crippen LogP contribution in [-0.4, -0.2) is 23.1 Å². The van der Waals surface area contributed by atoms with Gasteiger partial charge in [0.25, 0.3) is 0 Å². The Bertz CT molecular complexity index is 585. The number of carboxylic acids is 1. The van der Waals surface area contributed by atoms with Crippen LogP contribution in [0.3, 0.4) is 0 Å². The highest BCUT2D eigenvalue weighted by atomic mass is 16.5. The number of hydrogen-bond donors (Lipinski definition) is 1. The average Bonchev–Trinajstić information content (AvgIpc) is 2.96. The highest BCUT2D eigenvalue weighted by Crippen LogP contribution is 2.18. The van der Waals surface area contributed by atoms with Gasteiger partial charge in [-0.1, -0.05) is 161 Å². The van der Waals surface area contributed by atoms with Gasteiger partial charge in [-0.3, -0.25) is 9.59 Å². The van der Waals surface area contributed by atoms with Gasteiger partial charge in [-0.25, -0.2) is 0 Å². The van der Waals surface area contributed by atoms with Crippen LogP contribution in [0.25, 0.3) is 0 Å². The Morgan fingerprint density at radius 1 is 0.512 bits per heavy atom. The van der Waals surface area contributed by atoms with E-state index in [0.717, 1.165) is 32.1 Å². The van der Waals surface area contributed by atoms with Gasteiger partial charge in [-0.05, 0) is 44.9 Å². The SMILES string of the molecule is CCCC/C=C\CCCCCCCCC(=O)OC(CCCCCCCCCCCCCCCCCC)CCC(=O)O. The van der Waals surface area contributed by atoms with E-state index in [1.165, 1.54) is 141 Å². The molecule has 0 rings (SSSR count). The van der Waals surface area contributed by atoms with Crippen LogP contribution in [0.2, 0.25) is 0 Å². The number of hydrogen-bond acceptors (Lipinski definition) is 3. The Labute approximate surface area is 255 Å². The fourth-order valence-electron chi connectivity index (χ4n) is 5.51. The third-order valence-electron chi connectivity index (χ3n) is 8.25. The minimum atomic E-state index is -0.811. The molecule has 0 aromatic carbocycles. The molecule has 1 atom stereocenters. The monoisotopic (exact) mass is 579 g/mol. The summed E-state index contributed by atoms with van der Waals surface area (Å²) in [6, 6.07) is 0. The van der Waals surface area contributed by atoms with E-state index >= 15 is 0 Å². The maximum absolute atomic E-state index is 12.4. The number of esters is 1. The zero-order valence-corrected chi connectivity index (χ0v) is 27.6. The van der Waals surface area contributed by atoms with E-state index in [0.29, 0.717) is 12.8 Å². The lowest BCUT2D eigenvalue weighted by molar-refractivity contribution is -0.151. The fraction of sp³-hybridized carbons (Fsp3) is 0.892. The Hall–Kier alpha value is -1.32. The molecule has 1 unspecified atom stereocenters. The number of unbranched alkanes of at least 4 members (excludes halogenated alkanes) is 23. The fourth-order valence-corrected chi connectivity index (χ4v) is 5.51. The van der Waals surface area contributed by atoms with Crippen molar-refractivity contribution >= 4 is 11.9 Å². The quantitative estimate of drug-likeness (QED) is 0.0478. The first kappa shape index (κ1) is 39.7. The van der Waals surface area contributed by atoms with Gasteiger partial charge < -0.3 is 9.84 Å². The molecule has 0 heterocycles. The molecular formula is C37H70O4. The zero-order chi connectivity index (χ0) is 30.1. The normalized spacial score (nSPS) is 12.2. The highest BCUT2D eigenvalue weighted by Gasteiger charge is 2.15. The van der Waals surface area contributed by atoms with Gasteiger partial charge in [0.1, 0.15) is 6.10 Å². The van der Waals surface area contributed by atoms with Gasteiger partial charge in [-0.15, -0.1) is 0 Å². The molecule has 0 saturated carbocycles. The van der Waals surface area contributed by atoms with Crippen molar-refractivity contribution < 1.29 is 19.4 Å². The number of aliphatic carboxylic acids is 1. The van der Waals surface area contributed by atoms with Crippen molar-refractivity contribution in [1.29, 1.82) is 0 Å². The molecule has 0 amide bonds. The van der Waals surface area contributed by atoms with Crippen molar-refractivity contribution in [3.05, 3.63) is 12.2 Å². The highest BCUT2D eigenvalue weighted by molar-refractivity contribution is 5.69. The van der Waals surface area contributed by atoms with Gasteiger partial charge in [0.05, 0.1) is 0 Å². The minimum absolute atomic E-state index is 0.0740. The number of carbonyl (C=O) groups is 2. The van der Waals surface area contributed by atoms with Crippen LogP contribution >= 0.6 is 0 Å². The first-order chi connectivity index (χ1) is 20.1. The average molecular weight is 579 g/mol. The van der Waals surface area contributed by atoms with E-state index in [1.807, 2.05) is 0 Å². The lowest BCUT2D eigenvalue weighted by Crippen LogP contribution is -2.19. The first-order valence-electron chi connectivity index (χ1n) is 18.2. The number of ether oxygens (including phenoxy) is 1. The number of rotatable bonds is 33. The Balaban J connectivity index is 3.73. The Kier molecular flexibility index (Phi) is 32.1. The molecule has 0 aliphatic heterocycles. The summed E-state index contributed by atoms with van der Waals surface area (Å²) < 4.78 is 5.72. The van der Waals surface area contributed by atoms with Crippen LogP contribution in [0, 0.1) is 0 Å². The van der Waals surface area contributed by atoms with Crippen molar-refractivity contribution in [1.82, 2.24) is 0 Å². The molecule has 0 aliphatic carbocycles. The smallest absolute Gasteiger partial charge is 0.306 e. The molecule has 0 aliphatic rings. The second-order valence-corrected chi connectivity index (χ2v) is 12.4. The predicted octanol–water partition coefficient (Wildman–Crippen LogP) is 12.3. The third-order valence-corrected chi connectivity index (χ3v) is 8.25. The van der Waals surface area contributed by atoms with E-state index in [2.05, 4.69) is 26.0 Å². The van der Waals surface area contributed by atoms with Crippen molar-refractivity contribution in [3.8, 4) is 0 Å². The Morgan fingerprint density at radius 2 is 0.927 bits per heavy atom. The summed E-state index contributed by atoms with van der Waals surface area (Å²) in [7, 11) is 0. The van der Waals surface area contributed by atoms with E-state index in [-0.39, 0.29) is 18.5 Å². The molecule has 0 fully saturated rings. The maximum Gasteiger partial charge on any atom is 0.306 e. The van der Waals surface area contributed by atoms with Gasteiger partial charge in [0, 0.05) is 12.8 Å². The molecule has 4 heteroatoms. The largest absolute Gasteiger partial charge is 0.481 e. The van der Waals surface area contributed by atoms with E-state index in [4.69, 9.17) is 9.84 Å². The van der Waals surface area contributed by atoms with Gasteiger partial charge in [0.2, 0.25) is 0 Å². The van der Waals surface area contributed by atoms with Crippen molar-refractivity contribution in [3.63, 3.8) is 0 Å². The standard InChI is InChI=1S/C37H70O4/c1-3-5-7-9-11-13-15-17-18-19-20-21-23-25-27-29-31-35(33-34-36(38)39)41-37(40)32-30-28-26-24-22-16-14-12-10-8-6-4-2/h10,12,35H,3-9,11,13-34H2,1-2H3,(H,38,39)/b12-10-. The molecular weight excluding hydrogens is 508 g/mol. The van der Waals surface area contributed by atoms with Crippen LogP contribution in [0.4, 0.5) is 0 Å². The van der Waals surface area contributed by atoms with Crippen LogP contribution in [-0.2, 0) is 14.3 Å². The molecule has 0 radical (unpaired) electrons. The summed E-state index contributed by atoms with van der Waals surface area (Å²) in [5, 5.41) is 9.09. The van der Waals surface area contributed by atoms with Gasteiger partial charge >= 0.3 is 11.9 Å². The summed E-state index contributed by atoms with van der Waals surface area (Å²) >= 11 is 0. The van der Waals surface area contributed by atoms with Crippen LogP contribution < -0.4 is 0 Å². The number of allylic oxidation sites excluding steroid dienone is 2. The number of carboxylic acid groups (broad SMARTS) is 1. The maximum atomic E-state index is 12.4. The predicted molar refractivity (Wildman–Crippen MR) is 177 cm³/mol. The van der Waals surface area contributed by atoms with Crippen LogP contribution in [0.5, 0.6) is 0 Å². The first-order valence-corrected chi connectivity index (χ1v) is 18.2. The van der Waals surface area contributed by atoms with Gasteiger partial charge in [-0.2, -0.15) is 0 Å². The summed E-state index contributed by atoms with van der Waals surface area (Å²) in [5.74, 6) is -0.955. The van der Waals surface area contributed by atoms with Crippen LogP contribution in [0.15, 0.2) is 12.2 Å². The molecule has 1 N–H and O–H groups in total. The zero-order valence-electron chi connectivity index (χ0n) is 27.6.